The van der Waals surface area contributed by atoms with Crippen molar-refractivity contribution in [3.63, 3.8) is 0 Å². The largest absolute Gasteiger partial charge is 0.384 e. The van der Waals surface area contributed by atoms with Gasteiger partial charge < -0.3 is 5.32 Å². The molecule has 0 spiro atoms. The molecule has 0 aromatic heterocycles. The van der Waals surface area contributed by atoms with Crippen LogP contribution in [-0.2, 0) is 10.0 Å². The van der Waals surface area contributed by atoms with E-state index in [0.717, 1.165) is 0 Å². The SMILES string of the molecule is CCNc1cc(S(=O)(=O)N(C)C)ccc1Cl. The molecule has 0 unspecified atom stereocenters. The van der Waals surface area contributed by atoms with Crippen molar-refractivity contribution in [2.24, 2.45) is 0 Å². The lowest BCUT2D eigenvalue weighted by molar-refractivity contribution is 0.521. The van der Waals surface area contributed by atoms with Gasteiger partial charge >= 0.3 is 0 Å². The van der Waals surface area contributed by atoms with Crippen LogP contribution in [0, 0.1) is 0 Å². The third kappa shape index (κ3) is 2.66. The highest BCUT2D eigenvalue weighted by Crippen LogP contribution is 2.26. The molecule has 1 rings (SSSR count). The van der Waals surface area contributed by atoms with Gasteiger partial charge in [0, 0.05) is 20.6 Å². The number of hydrogen-bond donors (Lipinski definition) is 1. The molecule has 0 aliphatic carbocycles. The van der Waals surface area contributed by atoms with Gasteiger partial charge in [-0.3, -0.25) is 0 Å². The van der Waals surface area contributed by atoms with E-state index in [9.17, 15) is 8.42 Å². The Labute approximate surface area is 101 Å². The summed E-state index contributed by atoms with van der Waals surface area (Å²) in [6.07, 6.45) is 0. The van der Waals surface area contributed by atoms with Crippen LogP contribution in [0.25, 0.3) is 0 Å². The van der Waals surface area contributed by atoms with Crippen LogP contribution in [0.2, 0.25) is 5.02 Å². The number of anilines is 1. The first kappa shape index (κ1) is 13.3. The molecule has 0 radical (unpaired) electrons. The minimum absolute atomic E-state index is 0.234. The molecule has 90 valence electrons. The van der Waals surface area contributed by atoms with Crippen molar-refractivity contribution < 1.29 is 8.42 Å². The molecular weight excluding hydrogens is 248 g/mol. The molecule has 0 amide bonds. The Kier molecular flexibility index (Phi) is 4.18. The zero-order valence-corrected chi connectivity index (χ0v) is 11.1. The van der Waals surface area contributed by atoms with Gasteiger partial charge in [-0.2, -0.15) is 0 Å². The van der Waals surface area contributed by atoms with Crippen LogP contribution in [0.4, 0.5) is 5.69 Å². The summed E-state index contributed by atoms with van der Waals surface area (Å²) in [5, 5.41) is 3.53. The van der Waals surface area contributed by atoms with Crippen LogP contribution in [0.15, 0.2) is 23.1 Å². The molecule has 0 heterocycles. The maximum absolute atomic E-state index is 11.9. The molecule has 16 heavy (non-hydrogen) atoms. The molecule has 1 aromatic carbocycles. The quantitative estimate of drug-likeness (QED) is 0.903. The summed E-state index contributed by atoms with van der Waals surface area (Å²) in [6.45, 7) is 2.61. The summed E-state index contributed by atoms with van der Waals surface area (Å²) in [5.74, 6) is 0. The van der Waals surface area contributed by atoms with E-state index < -0.39 is 10.0 Å². The summed E-state index contributed by atoms with van der Waals surface area (Å²) < 4.78 is 24.9. The van der Waals surface area contributed by atoms with E-state index in [1.54, 1.807) is 12.1 Å². The molecular formula is C10H15ClN2O2S. The van der Waals surface area contributed by atoms with Gasteiger partial charge in [-0.1, -0.05) is 11.6 Å². The predicted octanol–water partition coefficient (Wildman–Crippen LogP) is 2.02. The first-order valence-corrected chi connectivity index (χ1v) is 6.67. The Balaban J connectivity index is 3.23. The van der Waals surface area contributed by atoms with E-state index in [2.05, 4.69) is 5.32 Å². The first-order valence-electron chi connectivity index (χ1n) is 4.85. The molecule has 0 atom stereocenters. The lowest BCUT2D eigenvalue weighted by Crippen LogP contribution is -2.22. The average Bonchev–Trinajstić information content (AvgIpc) is 2.21. The van der Waals surface area contributed by atoms with Crippen molar-refractivity contribution in [2.75, 3.05) is 26.0 Å². The fraction of sp³-hybridized carbons (Fsp3) is 0.400. The Hall–Kier alpha value is -0.780. The highest BCUT2D eigenvalue weighted by Gasteiger charge is 2.18. The molecule has 1 N–H and O–H groups in total. The predicted molar refractivity (Wildman–Crippen MR) is 66.5 cm³/mol. The van der Waals surface area contributed by atoms with Crippen LogP contribution in [0.1, 0.15) is 6.92 Å². The van der Waals surface area contributed by atoms with Crippen molar-refractivity contribution in [3.8, 4) is 0 Å². The van der Waals surface area contributed by atoms with E-state index >= 15 is 0 Å². The van der Waals surface area contributed by atoms with Gasteiger partial charge in [-0.25, -0.2) is 12.7 Å². The van der Waals surface area contributed by atoms with Gasteiger partial charge in [-0.05, 0) is 25.1 Å². The fourth-order valence-corrected chi connectivity index (χ4v) is 2.31. The topological polar surface area (TPSA) is 49.4 Å². The summed E-state index contributed by atoms with van der Waals surface area (Å²) in [6, 6.07) is 4.62. The molecule has 6 heteroatoms. The summed E-state index contributed by atoms with van der Waals surface area (Å²) in [7, 11) is -0.406. The second-order valence-electron chi connectivity index (χ2n) is 3.46. The summed E-state index contributed by atoms with van der Waals surface area (Å²) in [5.41, 5.74) is 0.632. The number of halogens is 1. The molecule has 0 aliphatic rings. The Morgan fingerprint density at radius 2 is 2.00 bits per heavy atom. The van der Waals surface area contributed by atoms with Gasteiger partial charge in [0.2, 0.25) is 10.0 Å². The van der Waals surface area contributed by atoms with Crippen molar-refractivity contribution in [1.82, 2.24) is 4.31 Å². The summed E-state index contributed by atoms with van der Waals surface area (Å²) >= 11 is 5.93. The lowest BCUT2D eigenvalue weighted by atomic mass is 10.3. The molecule has 1 aromatic rings. The van der Waals surface area contributed by atoms with Crippen LogP contribution in [0.5, 0.6) is 0 Å². The third-order valence-electron chi connectivity index (χ3n) is 2.08. The van der Waals surface area contributed by atoms with Crippen molar-refractivity contribution in [1.29, 1.82) is 0 Å². The number of benzene rings is 1. The standard InChI is InChI=1S/C10H15ClN2O2S/c1-4-12-10-7-8(5-6-9(10)11)16(14,15)13(2)3/h5-7,12H,4H2,1-3H3. The highest BCUT2D eigenvalue weighted by atomic mass is 35.5. The fourth-order valence-electron chi connectivity index (χ4n) is 1.20. The van der Waals surface area contributed by atoms with Gasteiger partial charge in [0.05, 0.1) is 15.6 Å². The number of sulfonamides is 1. The number of nitrogens with zero attached hydrogens (tertiary/aromatic N) is 1. The maximum atomic E-state index is 11.9. The molecule has 0 bridgehead atoms. The Morgan fingerprint density at radius 3 is 2.50 bits per heavy atom. The van der Waals surface area contributed by atoms with Crippen molar-refractivity contribution in [2.45, 2.75) is 11.8 Å². The Morgan fingerprint density at radius 1 is 1.38 bits per heavy atom. The minimum Gasteiger partial charge on any atom is -0.384 e. The maximum Gasteiger partial charge on any atom is 0.242 e. The first-order chi connectivity index (χ1) is 7.39. The van der Waals surface area contributed by atoms with Crippen LogP contribution < -0.4 is 5.32 Å². The van der Waals surface area contributed by atoms with Gasteiger partial charge in [0.1, 0.15) is 0 Å². The van der Waals surface area contributed by atoms with E-state index in [1.807, 2.05) is 6.92 Å². The third-order valence-corrected chi connectivity index (χ3v) is 4.22. The molecule has 0 saturated heterocycles. The van der Waals surface area contributed by atoms with E-state index in [0.29, 0.717) is 17.3 Å². The lowest BCUT2D eigenvalue weighted by Gasteiger charge is -2.13. The summed E-state index contributed by atoms with van der Waals surface area (Å²) in [4.78, 5) is 0.234. The minimum atomic E-state index is -3.40. The zero-order chi connectivity index (χ0) is 12.3. The van der Waals surface area contributed by atoms with Crippen LogP contribution >= 0.6 is 11.6 Å². The number of nitrogens with one attached hydrogen (secondary N) is 1. The van der Waals surface area contributed by atoms with Gasteiger partial charge in [0.15, 0.2) is 0 Å². The Bertz CT molecular complexity index is 472. The normalized spacial score (nSPS) is 11.8. The van der Waals surface area contributed by atoms with E-state index in [1.165, 1.54) is 24.5 Å². The number of hydrogen-bond acceptors (Lipinski definition) is 3. The second-order valence-corrected chi connectivity index (χ2v) is 6.02. The highest BCUT2D eigenvalue weighted by molar-refractivity contribution is 7.89. The average molecular weight is 263 g/mol. The van der Waals surface area contributed by atoms with Crippen molar-refractivity contribution >= 4 is 27.3 Å². The molecule has 4 nitrogen and oxygen atoms in total. The van der Waals surface area contributed by atoms with Crippen LogP contribution in [-0.4, -0.2) is 33.4 Å². The van der Waals surface area contributed by atoms with E-state index in [4.69, 9.17) is 11.6 Å². The van der Waals surface area contributed by atoms with Crippen molar-refractivity contribution in [3.05, 3.63) is 23.2 Å². The molecule has 0 aliphatic heterocycles. The van der Waals surface area contributed by atoms with Gasteiger partial charge in [-0.15, -0.1) is 0 Å². The monoisotopic (exact) mass is 262 g/mol. The van der Waals surface area contributed by atoms with E-state index in [-0.39, 0.29) is 4.90 Å². The van der Waals surface area contributed by atoms with Crippen LogP contribution in [0.3, 0.4) is 0 Å². The van der Waals surface area contributed by atoms with Gasteiger partial charge in [0.25, 0.3) is 0 Å². The molecule has 0 fully saturated rings. The second kappa shape index (κ2) is 5.03. The smallest absolute Gasteiger partial charge is 0.242 e. The number of rotatable bonds is 4. The zero-order valence-electron chi connectivity index (χ0n) is 9.49. The molecule has 0 saturated carbocycles.